The first-order valence-corrected chi connectivity index (χ1v) is 18.4. The van der Waals surface area contributed by atoms with E-state index in [1.807, 2.05) is 0 Å². The van der Waals surface area contributed by atoms with E-state index in [0.29, 0.717) is 5.92 Å². The normalized spacial score (nSPS) is 18.6. The van der Waals surface area contributed by atoms with Crippen molar-refractivity contribution in [1.29, 1.82) is 0 Å². The van der Waals surface area contributed by atoms with Crippen LogP contribution in [0.15, 0.2) is 121 Å². The molecule has 0 bridgehead atoms. The van der Waals surface area contributed by atoms with Gasteiger partial charge >= 0.3 is 0 Å². The van der Waals surface area contributed by atoms with Crippen LogP contribution in [0, 0.1) is 0 Å². The van der Waals surface area contributed by atoms with Gasteiger partial charge in [-0.15, -0.1) is 0 Å². The van der Waals surface area contributed by atoms with Gasteiger partial charge in [0, 0.05) is 16.7 Å². The quantitative estimate of drug-likeness (QED) is 0.176. The average Bonchev–Trinajstić information content (AvgIpc) is 3.48. The molecule has 0 aromatic heterocycles. The molecular formula is C50H44. The van der Waals surface area contributed by atoms with Gasteiger partial charge in [-0.05, 0) is 124 Å². The molecule has 6 aromatic rings. The van der Waals surface area contributed by atoms with Gasteiger partial charge < -0.3 is 0 Å². The van der Waals surface area contributed by atoms with Crippen LogP contribution in [-0.2, 0) is 22.7 Å². The minimum Gasteiger partial charge on any atom is -0.0753 e. The molecule has 0 spiro atoms. The van der Waals surface area contributed by atoms with Crippen molar-refractivity contribution in [3.8, 4) is 33.4 Å². The van der Waals surface area contributed by atoms with E-state index in [-0.39, 0.29) is 16.2 Å². The van der Waals surface area contributed by atoms with Crippen molar-refractivity contribution in [2.75, 3.05) is 0 Å². The fourth-order valence-corrected chi connectivity index (χ4v) is 9.90. The zero-order valence-corrected chi connectivity index (χ0v) is 30.3. The molecule has 0 nitrogen and oxygen atoms in total. The molecular weight excluding hydrogens is 601 g/mol. The van der Waals surface area contributed by atoms with E-state index in [0.717, 1.165) is 6.42 Å². The maximum absolute atomic E-state index is 2.56. The van der Waals surface area contributed by atoms with Crippen LogP contribution >= 0.6 is 0 Å². The number of allylic oxidation sites excluding steroid dienone is 3. The van der Waals surface area contributed by atoms with Gasteiger partial charge in [0.05, 0.1) is 0 Å². The smallest absolute Gasteiger partial charge is 0.0317 e. The minimum absolute atomic E-state index is 0.00588. The Morgan fingerprint density at radius 3 is 2.00 bits per heavy atom. The van der Waals surface area contributed by atoms with Gasteiger partial charge in [0.2, 0.25) is 0 Å². The third kappa shape index (κ3) is 4.00. The van der Waals surface area contributed by atoms with Gasteiger partial charge in [-0.25, -0.2) is 0 Å². The van der Waals surface area contributed by atoms with Crippen LogP contribution in [0.4, 0.5) is 0 Å². The summed E-state index contributed by atoms with van der Waals surface area (Å²) in [4.78, 5) is 0. The van der Waals surface area contributed by atoms with Crippen LogP contribution in [0.1, 0.15) is 98.9 Å². The van der Waals surface area contributed by atoms with E-state index in [1.54, 1.807) is 0 Å². The average molecular weight is 645 g/mol. The maximum Gasteiger partial charge on any atom is 0.0317 e. The molecule has 0 aliphatic heterocycles. The first-order chi connectivity index (χ1) is 23.9. The third-order valence-corrected chi connectivity index (χ3v) is 12.8. The largest absolute Gasteiger partial charge is 0.0753 e. The molecule has 0 heterocycles. The monoisotopic (exact) mass is 644 g/mol. The van der Waals surface area contributed by atoms with Crippen molar-refractivity contribution in [3.63, 3.8) is 0 Å². The number of hydrogen-bond acceptors (Lipinski definition) is 0. The van der Waals surface area contributed by atoms with E-state index >= 15 is 0 Å². The van der Waals surface area contributed by atoms with Crippen molar-refractivity contribution < 1.29 is 0 Å². The van der Waals surface area contributed by atoms with Gasteiger partial charge in [0.1, 0.15) is 0 Å². The van der Waals surface area contributed by atoms with E-state index < -0.39 is 0 Å². The fourth-order valence-electron chi connectivity index (χ4n) is 9.90. The first kappa shape index (κ1) is 29.9. The second-order valence-electron chi connectivity index (χ2n) is 17.3. The van der Waals surface area contributed by atoms with Gasteiger partial charge in [-0.2, -0.15) is 0 Å². The molecule has 4 aliphatic rings. The molecule has 10 rings (SSSR count). The van der Waals surface area contributed by atoms with E-state index in [1.165, 1.54) is 99.8 Å². The number of rotatable bonds is 2. The third-order valence-electron chi connectivity index (χ3n) is 12.8. The minimum atomic E-state index is -0.0470. The highest BCUT2D eigenvalue weighted by Crippen LogP contribution is 2.60. The molecule has 0 saturated heterocycles. The predicted octanol–water partition coefficient (Wildman–Crippen LogP) is 13.2. The Labute approximate surface area is 297 Å². The second kappa shape index (κ2) is 9.85. The van der Waals surface area contributed by atoms with Crippen LogP contribution in [0.2, 0.25) is 0 Å². The van der Waals surface area contributed by atoms with Gasteiger partial charge in [0.25, 0.3) is 0 Å². The number of fused-ring (bicyclic) bond motifs is 7. The Bertz CT molecular complexity index is 2520. The van der Waals surface area contributed by atoms with Crippen LogP contribution in [0.5, 0.6) is 0 Å². The molecule has 4 aliphatic carbocycles. The highest BCUT2D eigenvalue weighted by Gasteiger charge is 2.46. The molecule has 6 aromatic carbocycles. The Kier molecular flexibility index (Phi) is 5.90. The Morgan fingerprint density at radius 2 is 1.26 bits per heavy atom. The molecule has 0 fully saturated rings. The molecule has 1 unspecified atom stereocenters. The van der Waals surface area contributed by atoms with Crippen molar-refractivity contribution in [1.82, 2.24) is 0 Å². The Balaban J connectivity index is 1.01. The summed E-state index contributed by atoms with van der Waals surface area (Å²) in [7, 11) is 0. The summed E-state index contributed by atoms with van der Waals surface area (Å²) < 4.78 is 0. The zero-order chi connectivity index (χ0) is 34.3. The molecule has 1 atom stereocenters. The summed E-state index contributed by atoms with van der Waals surface area (Å²) >= 11 is 0. The van der Waals surface area contributed by atoms with E-state index in [4.69, 9.17) is 0 Å². The summed E-state index contributed by atoms with van der Waals surface area (Å²) in [5, 5.41) is 2.86. The molecule has 50 heavy (non-hydrogen) atoms. The highest BCUT2D eigenvalue weighted by molar-refractivity contribution is 6.06. The zero-order valence-electron chi connectivity index (χ0n) is 30.3. The summed E-state index contributed by atoms with van der Waals surface area (Å²) in [6.07, 6.45) is 6.10. The summed E-state index contributed by atoms with van der Waals surface area (Å²) in [5.41, 5.74) is 22.6. The van der Waals surface area contributed by atoms with Crippen molar-refractivity contribution in [3.05, 3.63) is 165 Å². The van der Waals surface area contributed by atoms with Gasteiger partial charge in [-0.3, -0.25) is 0 Å². The predicted molar refractivity (Wildman–Crippen MR) is 213 cm³/mol. The van der Waals surface area contributed by atoms with Crippen molar-refractivity contribution in [2.45, 2.75) is 77.0 Å². The number of hydrogen-bond donors (Lipinski definition) is 0. The second-order valence-corrected chi connectivity index (χ2v) is 17.3. The Hall–Kier alpha value is -4.94. The van der Waals surface area contributed by atoms with Crippen LogP contribution in [0.3, 0.4) is 0 Å². The molecule has 0 heteroatoms. The van der Waals surface area contributed by atoms with Crippen LogP contribution in [-0.4, -0.2) is 0 Å². The van der Waals surface area contributed by atoms with E-state index in [9.17, 15) is 0 Å². The first-order valence-electron chi connectivity index (χ1n) is 18.4. The van der Waals surface area contributed by atoms with E-state index in [2.05, 4.69) is 170 Å². The lowest BCUT2D eigenvalue weighted by atomic mass is 9.69. The van der Waals surface area contributed by atoms with Crippen LogP contribution < -0.4 is 0 Å². The van der Waals surface area contributed by atoms with Crippen molar-refractivity contribution >= 4 is 22.4 Å². The summed E-state index contributed by atoms with van der Waals surface area (Å²) in [6, 6.07) is 42.1. The molecule has 0 N–H and O–H groups in total. The molecule has 0 radical (unpaired) electrons. The van der Waals surface area contributed by atoms with Crippen LogP contribution in [0.25, 0.3) is 55.8 Å². The summed E-state index contributed by atoms with van der Waals surface area (Å²) in [5.74, 6) is 0.320. The van der Waals surface area contributed by atoms with Gasteiger partial charge in [0.15, 0.2) is 0 Å². The lowest BCUT2D eigenvalue weighted by Crippen LogP contribution is -2.20. The SMILES string of the molecule is CC(C)(C)c1cc2c3c4c(ccc3c1)C=C1C(C4=CC2)c2ccc(-c3ccc(-c4ccc5c(c4)C(C)(C)c4ccccc4-5)cc3)cc2C1(C)C. The highest BCUT2D eigenvalue weighted by atomic mass is 14.5. The lowest BCUT2D eigenvalue weighted by Gasteiger charge is -2.34. The number of benzene rings is 6. The standard InChI is InChI=1S/C50H44/c1-48(2,3)36-24-33-16-17-35-28-44-47(40-23-20-34(25-36)45(33)46(35)40)39-22-19-32(27-43(39)50(44,6)7)30-14-12-29(13-15-30)31-18-21-38-37-10-8-9-11-41(37)49(4,5)42(38)26-31/h8-19,21-28,47H,20H2,1-7H3. The Morgan fingerprint density at radius 1 is 0.600 bits per heavy atom. The van der Waals surface area contributed by atoms with Gasteiger partial charge in [-0.1, -0.05) is 158 Å². The topological polar surface area (TPSA) is 0 Å². The fraction of sp³-hybridized carbons (Fsp3) is 0.240. The van der Waals surface area contributed by atoms with Crippen molar-refractivity contribution in [2.24, 2.45) is 0 Å². The molecule has 0 saturated carbocycles. The summed E-state index contributed by atoms with van der Waals surface area (Å²) in [6.45, 7) is 16.6. The lowest BCUT2D eigenvalue weighted by molar-refractivity contribution is 0.590. The molecule has 0 amide bonds. The molecule has 244 valence electrons. The maximum atomic E-state index is 2.56.